The normalized spacial score (nSPS) is 11.2. The molecule has 24 heavy (non-hydrogen) atoms. The number of nitrogen functional groups attached to an aromatic ring is 2. The van der Waals surface area contributed by atoms with Gasteiger partial charge in [0.05, 0.1) is 5.39 Å². The summed E-state index contributed by atoms with van der Waals surface area (Å²) in [5.41, 5.74) is 14.3. The van der Waals surface area contributed by atoms with E-state index in [9.17, 15) is 0 Å². The SMILES string of the molecule is Nc1nc(N)c2cc(Cc3c(S)ccc4ccccc34)cnc2n1. The molecule has 2 heterocycles. The van der Waals surface area contributed by atoms with Crippen LogP contribution >= 0.6 is 12.6 Å². The highest BCUT2D eigenvalue weighted by molar-refractivity contribution is 7.80. The molecule has 5 nitrogen and oxygen atoms in total. The van der Waals surface area contributed by atoms with Crippen molar-refractivity contribution in [2.45, 2.75) is 11.3 Å². The molecular formula is C18H15N5S. The van der Waals surface area contributed by atoms with Crippen molar-refractivity contribution in [3.63, 3.8) is 0 Å². The average molecular weight is 333 g/mol. The first-order valence-corrected chi connectivity index (χ1v) is 7.94. The van der Waals surface area contributed by atoms with Crippen LogP contribution in [0, 0.1) is 0 Å². The zero-order valence-corrected chi connectivity index (χ0v) is 13.7. The molecule has 0 fully saturated rings. The lowest BCUT2D eigenvalue weighted by Gasteiger charge is -2.11. The first-order valence-electron chi connectivity index (χ1n) is 7.49. The molecule has 0 saturated carbocycles. The molecule has 0 amide bonds. The number of nitrogens with two attached hydrogens (primary N) is 2. The van der Waals surface area contributed by atoms with E-state index in [-0.39, 0.29) is 5.95 Å². The Morgan fingerprint density at radius 2 is 1.79 bits per heavy atom. The molecule has 0 unspecified atom stereocenters. The van der Waals surface area contributed by atoms with E-state index in [1.165, 1.54) is 10.8 Å². The zero-order chi connectivity index (χ0) is 16.7. The number of pyridine rings is 1. The third-order valence-electron chi connectivity index (χ3n) is 4.05. The van der Waals surface area contributed by atoms with Crippen LogP contribution in [0.15, 0.2) is 53.6 Å². The smallest absolute Gasteiger partial charge is 0.224 e. The Hall–Kier alpha value is -2.86. The van der Waals surface area contributed by atoms with E-state index in [0.717, 1.165) is 16.0 Å². The first-order chi connectivity index (χ1) is 11.6. The summed E-state index contributed by atoms with van der Waals surface area (Å²) in [4.78, 5) is 13.4. The Morgan fingerprint density at radius 3 is 2.67 bits per heavy atom. The van der Waals surface area contributed by atoms with Crippen LogP contribution in [0.4, 0.5) is 11.8 Å². The first kappa shape index (κ1) is 14.7. The lowest BCUT2D eigenvalue weighted by atomic mass is 9.98. The molecule has 0 bridgehead atoms. The molecule has 0 aliphatic carbocycles. The van der Waals surface area contributed by atoms with E-state index in [1.54, 1.807) is 6.20 Å². The van der Waals surface area contributed by atoms with Crippen LogP contribution in [0.3, 0.4) is 0 Å². The fourth-order valence-corrected chi connectivity index (χ4v) is 3.18. The summed E-state index contributed by atoms with van der Waals surface area (Å²) in [7, 11) is 0. The Bertz CT molecular complexity index is 1080. The van der Waals surface area contributed by atoms with Crippen molar-refractivity contribution < 1.29 is 0 Å². The standard InChI is InChI=1S/C18H15N5S/c19-16-14-8-10(9-21-17(14)23-18(20)22-16)7-13-12-4-2-1-3-11(12)5-6-15(13)24/h1-6,8-9,24H,7H2,(H4,19,20,21,22,23). The van der Waals surface area contributed by atoms with Gasteiger partial charge in [-0.1, -0.05) is 30.3 Å². The number of thiol groups is 1. The fraction of sp³-hybridized carbons (Fsp3) is 0.0556. The van der Waals surface area contributed by atoms with Gasteiger partial charge in [0.25, 0.3) is 0 Å². The van der Waals surface area contributed by atoms with Crippen LogP contribution in [0.1, 0.15) is 11.1 Å². The highest BCUT2D eigenvalue weighted by atomic mass is 32.1. The van der Waals surface area contributed by atoms with Crippen molar-refractivity contribution in [3.8, 4) is 0 Å². The van der Waals surface area contributed by atoms with Crippen molar-refractivity contribution in [2.24, 2.45) is 0 Å². The largest absolute Gasteiger partial charge is 0.383 e. The van der Waals surface area contributed by atoms with Crippen LogP contribution in [-0.2, 0) is 6.42 Å². The van der Waals surface area contributed by atoms with Gasteiger partial charge >= 0.3 is 0 Å². The molecule has 0 aliphatic rings. The third kappa shape index (κ3) is 2.51. The molecule has 4 aromatic rings. The predicted molar refractivity (Wildman–Crippen MR) is 100 cm³/mol. The van der Waals surface area contributed by atoms with E-state index in [2.05, 4.69) is 45.8 Å². The van der Waals surface area contributed by atoms with Crippen LogP contribution in [0.25, 0.3) is 21.8 Å². The molecule has 0 aliphatic heterocycles. The zero-order valence-electron chi connectivity index (χ0n) is 12.8. The fourth-order valence-electron chi connectivity index (χ4n) is 2.91. The minimum atomic E-state index is 0.131. The number of aromatic nitrogens is 3. The van der Waals surface area contributed by atoms with Crippen LogP contribution in [0.2, 0.25) is 0 Å². The summed E-state index contributed by atoms with van der Waals surface area (Å²) < 4.78 is 0. The average Bonchev–Trinajstić information content (AvgIpc) is 2.58. The van der Waals surface area contributed by atoms with Gasteiger partial charge in [0.1, 0.15) is 5.82 Å². The van der Waals surface area contributed by atoms with E-state index >= 15 is 0 Å². The molecule has 4 rings (SSSR count). The summed E-state index contributed by atoms with van der Waals surface area (Å²) >= 11 is 4.62. The maximum Gasteiger partial charge on any atom is 0.224 e. The minimum Gasteiger partial charge on any atom is -0.383 e. The van der Waals surface area contributed by atoms with Gasteiger partial charge in [0, 0.05) is 17.5 Å². The molecular weight excluding hydrogens is 318 g/mol. The summed E-state index contributed by atoms with van der Waals surface area (Å²) in [5.74, 6) is 0.475. The molecule has 118 valence electrons. The second-order valence-corrected chi connectivity index (χ2v) is 6.12. The van der Waals surface area contributed by atoms with E-state index in [0.29, 0.717) is 23.3 Å². The minimum absolute atomic E-state index is 0.131. The highest BCUT2D eigenvalue weighted by Crippen LogP contribution is 2.28. The maximum atomic E-state index is 5.95. The third-order valence-corrected chi connectivity index (χ3v) is 4.47. The molecule has 4 N–H and O–H groups in total. The quantitative estimate of drug-likeness (QED) is 0.490. The number of rotatable bonds is 2. The summed E-state index contributed by atoms with van der Waals surface area (Å²) in [5, 5.41) is 3.09. The summed E-state index contributed by atoms with van der Waals surface area (Å²) in [6, 6.07) is 14.3. The van der Waals surface area contributed by atoms with Crippen LogP contribution in [-0.4, -0.2) is 15.0 Å². The van der Waals surface area contributed by atoms with Gasteiger partial charge in [-0.3, -0.25) is 0 Å². The molecule has 0 atom stereocenters. The van der Waals surface area contributed by atoms with Crippen molar-refractivity contribution in [1.82, 2.24) is 15.0 Å². The molecule has 2 aromatic heterocycles. The topological polar surface area (TPSA) is 90.7 Å². The van der Waals surface area contributed by atoms with Gasteiger partial charge in [0.15, 0.2) is 5.65 Å². The van der Waals surface area contributed by atoms with Gasteiger partial charge in [-0.25, -0.2) is 4.98 Å². The van der Waals surface area contributed by atoms with E-state index in [4.69, 9.17) is 11.5 Å². The van der Waals surface area contributed by atoms with Crippen LogP contribution < -0.4 is 11.5 Å². The number of fused-ring (bicyclic) bond motifs is 2. The number of nitrogens with zero attached hydrogens (tertiary/aromatic N) is 3. The van der Waals surface area contributed by atoms with Gasteiger partial charge in [-0.15, -0.1) is 12.6 Å². The lowest BCUT2D eigenvalue weighted by molar-refractivity contribution is 1.12. The van der Waals surface area contributed by atoms with Gasteiger partial charge in [0.2, 0.25) is 5.95 Å². The van der Waals surface area contributed by atoms with Gasteiger partial charge in [-0.2, -0.15) is 9.97 Å². The van der Waals surface area contributed by atoms with Gasteiger partial charge in [-0.05, 0) is 34.0 Å². The second-order valence-electron chi connectivity index (χ2n) is 5.64. The molecule has 0 spiro atoms. The Morgan fingerprint density at radius 1 is 0.958 bits per heavy atom. The van der Waals surface area contributed by atoms with Crippen molar-refractivity contribution >= 4 is 46.2 Å². The number of benzene rings is 2. The highest BCUT2D eigenvalue weighted by Gasteiger charge is 2.10. The molecule has 0 saturated heterocycles. The Balaban J connectivity index is 1.84. The Kier molecular flexibility index (Phi) is 3.46. The number of hydrogen-bond acceptors (Lipinski definition) is 6. The molecule has 0 radical (unpaired) electrons. The molecule has 2 aromatic carbocycles. The number of hydrogen-bond donors (Lipinski definition) is 3. The van der Waals surface area contributed by atoms with E-state index < -0.39 is 0 Å². The van der Waals surface area contributed by atoms with Crippen molar-refractivity contribution in [1.29, 1.82) is 0 Å². The summed E-state index contributed by atoms with van der Waals surface area (Å²) in [6.45, 7) is 0. The second kappa shape index (κ2) is 5.65. The predicted octanol–water partition coefficient (Wildman–Crippen LogP) is 3.22. The van der Waals surface area contributed by atoms with E-state index in [1.807, 2.05) is 24.3 Å². The van der Waals surface area contributed by atoms with Crippen molar-refractivity contribution in [3.05, 3.63) is 59.8 Å². The lowest BCUT2D eigenvalue weighted by Crippen LogP contribution is -2.02. The monoisotopic (exact) mass is 333 g/mol. The maximum absolute atomic E-state index is 5.95. The van der Waals surface area contributed by atoms with Crippen molar-refractivity contribution in [2.75, 3.05) is 11.5 Å². The Labute approximate surface area is 144 Å². The van der Waals surface area contributed by atoms with Crippen LogP contribution in [0.5, 0.6) is 0 Å². The molecule has 6 heteroatoms. The number of anilines is 2. The summed E-state index contributed by atoms with van der Waals surface area (Å²) in [6.07, 6.45) is 2.50. The van der Waals surface area contributed by atoms with Gasteiger partial charge < -0.3 is 11.5 Å².